The molecule has 1 aliphatic carbocycles. The number of nitrogens with one attached hydrogen (secondary N) is 2. The van der Waals surface area contributed by atoms with E-state index in [2.05, 4.69) is 15.7 Å². The number of hydrogen-bond donors (Lipinski definition) is 3. The molecule has 188 valence electrons. The number of carbonyl (C=O) groups is 2. The molecular weight excluding hydrogens is 488 g/mol. The van der Waals surface area contributed by atoms with Crippen molar-refractivity contribution in [2.45, 2.75) is 38.6 Å². The third kappa shape index (κ3) is 5.22. The zero-order valence-corrected chi connectivity index (χ0v) is 21.1. The topological polar surface area (TPSA) is 96.3 Å². The van der Waals surface area contributed by atoms with Crippen LogP contribution in [0.1, 0.15) is 52.4 Å². The van der Waals surface area contributed by atoms with Gasteiger partial charge in [0.15, 0.2) is 0 Å². The van der Waals surface area contributed by atoms with Gasteiger partial charge in [0.2, 0.25) is 0 Å². The summed E-state index contributed by atoms with van der Waals surface area (Å²) in [7, 11) is 0. The normalized spacial score (nSPS) is 13.1. The van der Waals surface area contributed by atoms with Crippen molar-refractivity contribution >= 4 is 29.2 Å². The fourth-order valence-corrected chi connectivity index (χ4v) is 4.63. The van der Waals surface area contributed by atoms with E-state index in [0.717, 1.165) is 36.1 Å². The molecule has 2 amide bonds. The first-order valence-electron chi connectivity index (χ1n) is 12.2. The van der Waals surface area contributed by atoms with Crippen molar-refractivity contribution in [2.75, 3.05) is 5.32 Å². The lowest BCUT2D eigenvalue weighted by Crippen LogP contribution is -2.31. The van der Waals surface area contributed by atoms with Gasteiger partial charge in [-0.05, 0) is 61.2 Å². The molecule has 0 spiro atoms. The van der Waals surface area contributed by atoms with Crippen molar-refractivity contribution < 1.29 is 14.7 Å². The molecule has 0 unspecified atom stereocenters. The third-order valence-electron chi connectivity index (χ3n) is 6.76. The average molecular weight is 515 g/mol. The van der Waals surface area contributed by atoms with E-state index in [1.807, 2.05) is 49.4 Å². The van der Waals surface area contributed by atoms with E-state index in [4.69, 9.17) is 11.6 Å². The zero-order valence-electron chi connectivity index (χ0n) is 20.4. The molecule has 1 saturated carbocycles. The highest BCUT2D eigenvalue weighted by Gasteiger charge is 2.27. The van der Waals surface area contributed by atoms with Crippen LogP contribution in [0.4, 0.5) is 10.5 Å². The summed E-state index contributed by atoms with van der Waals surface area (Å²) in [5, 5.41) is 21.7. The van der Waals surface area contributed by atoms with Crippen LogP contribution < -0.4 is 10.6 Å². The molecule has 3 N–H and O–H groups in total. The van der Waals surface area contributed by atoms with E-state index in [0.29, 0.717) is 27.5 Å². The lowest BCUT2D eigenvalue weighted by Gasteiger charge is -2.25. The molecule has 5 rings (SSSR count). The van der Waals surface area contributed by atoms with E-state index < -0.39 is 0 Å². The Morgan fingerprint density at radius 1 is 1.05 bits per heavy atom. The average Bonchev–Trinajstić information content (AvgIpc) is 3.27. The molecule has 4 aromatic rings. The van der Waals surface area contributed by atoms with Crippen molar-refractivity contribution in [2.24, 2.45) is 0 Å². The van der Waals surface area contributed by atoms with Crippen LogP contribution in [0.15, 0.2) is 72.8 Å². The van der Waals surface area contributed by atoms with E-state index >= 15 is 0 Å². The zero-order chi connectivity index (χ0) is 25.9. The summed E-state index contributed by atoms with van der Waals surface area (Å²) < 4.78 is 1.39. The fraction of sp³-hybridized carbons (Fsp3) is 0.207. The summed E-state index contributed by atoms with van der Waals surface area (Å²) in [5.74, 6) is -0.0528. The Labute approximate surface area is 220 Å². The molecule has 8 heteroatoms. The van der Waals surface area contributed by atoms with Crippen molar-refractivity contribution in [3.8, 4) is 17.0 Å². The number of carbonyl (C=O) groups excluding carboxylic acids is 2. The lowest BCUT2D eigenvalue weighted by molar-refractivity contribution is 0.102. The van der Waals surface area contributed by atoms with Gasteiger partial charge in [0.1, 0.15) is 5.75 Å². The van der Waals surface area contributed by atoms with E-state index in [9.17, 15) is 14.7 Å². The number of benzene rings is 3. The molecule has 0 radical (unpaired) electrons. The summed E-state index contributed by atoms with van der Waals surface area (Å²) in [6.07, 6.45) is 3.07. The smallest absolute Gasteiger partial charge is 0.342 e. The van der Waals surface area contributed by atoms with Crippen LogP contribution in [-0.4, -0.2) is 26.8 Å². The molecule has 0 aliphatic heterocycles. The predicted molar refractivity (Wildman–Crippen MR) is 144 cm³/mol. The highest BCUT2D eigenvalue weighted by atomic mass is 35.5. The van der Waals surface area contributed by atoms with Crippen molar-refractivity contribution in [1.82, 2.24) is 15.1 Å². The van der Waals surface area contributed by atoms with Crippen LogP contribution in [0, 0.1) is 6.92 Å². The lowest BCUT2D eigenvalue weighted by atomic mass is 9.82. The predicted octanol–water partition coefficient (Wildman–Crippen LogP) is 6.50. The Bertz CT molecular complexity index is 1480. The number of amides is 2. The van der Waals surface area contributed by atoms with Crippen molar-refractivity contribution in [3.05, 3.63) is 100 Å². The maximum atomic E-state index is 13.1. The minimum absolute atomic E-state index is 0.0381. The van der Waals surface area contributed by atoms with Crippen LogP contribution in [0.3, 0.4) is 0 Å². The monoisotopic (exact) mass is 514 g/mol. The van der Waals surface area contributed by atoms with Crippen LogP contribution >= 0.6 is 11.6 Å². The number of anilines is 1. The van der Waals surface area contributed by atoms with Gasteiger partial charge in [0, 0.05) is 40.4 Å². The third-order valence-corrected chi connectivity index (χ3v) is 7.13. The molecule has 7 nitrogen and oxygen atoms in total. The van der Waals surface area contributed by atoms with E-state index in [1.54, 1.807) is 24.3 Å². The molecule has 1 aromatic heterocycles. The van der Waals surface area contributed by atoms with Crippen molar-refractivity contribution in [3.63, 3.8) is 0 Å². The van der Waals surface area contributed by atoms with Gasteiger partial charge in [0.25, 0.3) is 5.91 Å². The quantitative estimate of drug-likeness (QED) is 0.274. The SMILES string of the molecule is Cc1ccccc1C(=O)Nc1ccc(-c2cc(C3CCC3)n(C(=O)NCc3ccccc3Cl)n2)c(O)c1. The molecule has 0 atom stereocenters. The van der Waals surface area contributed by atoms with Gasteiger partial charge in [-0.2, -0.15) is 9.78 Å². The van der Waals surface area contributed by atoms with Gasteiger partial charge in [-0.15, -0.1) is 0 Å². The number of aromatic nitrogens is 2. The Kier molecular flexibility index (Phi) is 6.97. The van der Waals surface area contributed by atoms with Gasteiger partial charge < -0.3 is 15.7 Å². The molecule has 0 bridgehead atoms. The minimum Gasteiger partial charge on any atom is -0.507 e. The number of rotatable bonds is 6. The van der Waals surface area contributed by atoms with Crippen molar-refractivity contribution in [1.29, 1.82) is 0 Å². The number of phenolic OH excluding ortho intramolecular Hbond substituents is 1. The first kappa shape index (κ1) is 24.6. The number of hydrogen-bond acceptors (Lipinski definition) is 4. The number of aromatic hydroxyl groups is 1. The Morgan fingerprint density at radius 2 is 1.81 bits per heavy atom. The number of halogens is 1. The molecule has 0 saturated heterocycles. The summed E-state index contributed by atoms with van der Waals surface area (Å²) in [6.45, 7) is 2.15. The Morgan fingerprint density at radius 3 is 2.51 bits per heavy atom. The maximum Gasteiger partial charge on any atom is 0.342 e. The molecule has 1 aliphatic rings. The van der Waals surface area contributed by atoms with Gasteiger partial charge in [0.05, 0.1) is 11.4 Å². The van der Waals surface area contributed by atoms with E-state index in [1.165, 1.54) is 10.7 Å². The minimum atomic E-state index is -0.352. The Balaban J connectivity index is 1.37. The number of phenols is 1. The Hall–Kier alpha value is -4.10. The van der Waals surface area contributed by atoms with Crippen LogP contribution in [0.5, 0.6) is 5.75 Å². The first-order valence-corrected chi connectivity index (χ1v) is 12.6. The summed E-state index contributed by atoms with van der Waals surface area (Å²) in [6, 6.07) is 21.1. The molecule has 3 aromatic carbocycles. The summed E-state index contributed by atoms with van der Waals surface area (Å²) in [5.41, 5.74) is 4.49. The van der Waals surface area contributed by atoms with Gasteiger partial charge in [-0.1, -0.05) is 54.4 Å². The second kappa shape index (κ2) is 10.5. The van der Waals surface area contributed by atoms with Gasteiger partial charge >= 0.3 is 6.03 Å². The second-order valence-corrected chi connectivity index (χ2v) is 9.65. The highest BCUT2D eigenvalue weighted by Crippen LogP contribution is 2.39. The largest absolute Gasteiger partial charge is 0.507 e. The summed E-state index contributed by atoms with van der Waals surface area (Å²) in [4.78, 5) is 25.8. The van der Waals surface area contributed by atoms with E-state index in [-0.39, 0.29) is 30.2 Å². The maximum absolute atomic E-state index is 13.1. The number of nitrogens with zero attached hydrogens (tertiary/aromatic N) is 2. The number of aryl methyl sites for hydroxylation is 1. The van der Waals surface area contributed by atoms with Crippen LogP contribution in [0.2, 0.25) is 5.02 Å². The second-order valence-electron chi connectivity index (χ2n) is 9.25. The first-order chi connectivity index (χ1) is 17.9. The standard InChI is InChI=1S/C29H27ClN4O3/c1-18-7-2-4-11-22(18)28(36)32-21-13-14-23(27(35)15-21)25-16-26(19-9-6-10-19)34(33-25)29(37)31-17-20-8-3-5-12-24(20)30/h2-5,7-8,11-16,19,35H,6,9-10,17H2,1H3,(H,31,37)(H,32,36). The summed E-state index contributed by atoms with van der Waals surface area (Å²) >= 11 is 6.23. The fourth-order valence-electron chi connectivity index (χ4n) is 4.42. The molecular formula is C29H27ClN4O3. The van der Waals surface area contributed by atoms with Gasteiger partial charge in [-0.25, -0.2) is 4.79 Å². The van der Waals surface area contributed by atoms with Crippen LogP contribution in [-0.2, 0) is 6.54 Å². The molecule has 1 fully saturated rings. The molecule has 1 heterocycles. The van der Waals surface area contributed by atoms with Crippen LogP contribution in [0.25, 0.3) is 11.3 Å². The van der Waals surface area contributed by atoms with Gasteiger partial charge in [-0.3, -0.25) is 4.79 Å². The highest BCUT2D eigenvalue weighted by molar-refractivity contribution is 6.31. The molecule has 37 heavy (non-hydrogen) atoms.